The number of nitrogens with one attached hydrogen (secondary N) is 3. The Labute approximate surface area is 690 Å². The molecule has 0 radical (unpaired) electrons. The maximum atomic E-state index is 14.4. The van der Waals surface area contributed by atoms with Gasteiger partial charge >= 0.3 is 5.97 Å². The Morgan fingerprint density at radius 2 is 0.595 bits per heavy atom. The van der Waals surface area contributed by atoms with E-state index in [9.17, 15) is 55.9 Å². The van der Waals surface area contributed by atoms with E-state index in [0.717, 1.165) is 76.6 Å². The number of halogens is 4. The number of pyridine rings is 4. The van der Waals surface area contributed by atoms with Crippen LogP contribution in [0.2, 0.25) is 0 Å². The van der Waals surface area contributed by atoms with Gasteiger partial charge in [0.2, 0.25) is 11.6 Å². The smallest absolute Gasteiger partial charge is 0.359 e. The normalized spacial score (nSPS) is 21.9. The zero-order chi connectivity index (χ0) is 84.6. The molecule has 0 saturated heterocycles. The van der Waals surface area contributed by atoms with Crippen molar-refractivity contribution in [2.45, 2.75) is 99.7 Å². The summed E-state index contributed by atoms with van der Waals surface area (Å²) in [5.74, 6) is -3.33. The highest BCUT2D eigenvalue weighted by atomic mass is 19.1. The van der Waals surface area contributed by atoms with Gasteiger partial charge < -0.3 is 26.8 Å². The number of carboxylic acid groups (broad SMARTS) is 1. The monoisotopic (exact) mass is 1640 g/mol. The van der Waals surface area contributed by atoms with E-state index in [1.165, 1.54) is 57.6 Å². The second-order valence-corrected chi connectivity index (χ2v) is 31.0. The van der Waals surface area contributed by atoms with Gasteiger partial charge in [0.05, 0.1) is 57.0 Å². The Morgan fingerprint density at radius 3 is 0.860 bits per heavy atom. The van der Waals surface area contributed by atoms with E-state index in [2.05, 4.69) is 62.3 Å². The number of nitrogens with zero attached hydrogens (tertiary/aromatic N) is 16. The van der Waals surface area contributed by atoms with Crippen LogP contribution in [0.1, 0.15) is 136 Å². The first-order valence-corrected chi connectivity index (χ1v) is 39.3. The number of aromatic nitrogens is 12. The Hall–Kier alpha value is -14.2. The molecule has 4 aliphatic carbocycles. The third-order valence-electron chi connectivity index (χ3n) is 23.0. The summed E-state index contributed by atoms with van der Waals surface area (Å²) in [6.07, 6.45) is 14.7. The molecule has 2 unspecified atom stereocenters. The number of amides is 7. The minimum atomic E-state index is -1.36. The Balaban J connectivity index is 0.000000115. The fourth-order valence-corrected chi connectivity index (χ4v) is 16.4. The van der Waals surface area contributed by atoms with Crippen LogP contribution in [0.4, 0.5) is 40.8 Å². The van der Waals surface area contributed by atoms with E-state index in [0.29, 0.717) is 55.5 Å². The number of rotatable bonds is 15. The average molecular weight is 1640 g/mol. The Bertz CT molecular complexity index is 5510. The van der Waals surface area contributed by atoms with Crippen molar-refractivity contribution in [3.63, 3.8) is 0 Å². The summed E-state index contributed by atoms with van der Waals surface area (Å²) in [5.41, 5.74) is 12.4. The van der Waals surface area contributed by atoms with Crippen LogP contribution in [0.15, 0.2) is 219 Å². The minimum absolute atomic E-state index is 0.0139. The molecule has 12 aromatic rings. The molecule has 0 bridgehead atoms. The lowest BCUT2D eigenvalue weighted by Crippen LogP contribution is -2.48. The molecule has 4 aliphatic heterocycles. The fourth-order valence-electron chi connectivity index (χ4n) is 16.4. The molecule has 8 aliphatic rings. The number of carbonyl (C=O) groups is 8. The molecule has 121 heavy (non-hydrogen) atoms. The minimum Gasteiger partial charge on any atom is -0.476 e. The molecule has 12 heterocycles. The average Bonchev–Trinajstić information content (AvgIpc) is 1.59. The molecule has 29 nitrogen and oxygen atoms in total. The molecule has 12 atom stereocenters. The molecule has 8 aromatic heterocycles. The highest BCUT2D eigenvalue weighted by molar-refractivity contribution is 6.05. The standard InChI is InChI=1S/3C22H20FN5O2.C11H9FN2O2.C11H13N3O/c3*1-27-20-14(8-5-9-24-20)15-10-16(15)18(22(27)30)25-21(29)19-17(23)12-28(26-19)11-13-6-3-2-4-7-13;12-9-7-14(13-10(9)11(15)16)6-8-4-2-1-3-5-8;1-14-10-6(3-2-4-13-10)7-5-8(7)9(12)11(14)15/h3*2-9,12,15-16,18H,10-11H2,1H3,(H,25,29);1-5,7H,6H2,(H,15,16);2-4,7-9H,5,12H2,1H3/t15-,16?,18-;2*15-,16-,18-;;7-,8?,9-/m010.0/s1. The van der Waals surface area contributed by atoms with Crippen LogP contribution in [0.5, 0.6) is 0 Å². The predicted octanol–water partition coefficient (Wildman–Crippen LogP) is 9.29. The van der Waals surface area contributed by atoms with Gasteiger partial charge in [0, 0.05) is 53.0 Å². The maximum Gasteiger partial charge on any atom is 0.359 e. The number of hydrogen-bond acceptors (Lipinski definition) is 17. The highest BCUT2D eigenvalue weighted by Gasteiger charge is 2.56. The van der Waals surface area contributed by atoms with E-state index in [1.54, 1.807) is 57.9 Å². The summed E-state index contributed by atoms with van der Waals surface area (Å²) in [6, 6.07) is 50.5. The van der Waals surface area contributed by atoms with E-state index in [-0.39, 0.29) is 82.3 Å². The number of anilines is 4. The van der Waals surface area contributed by atoms with Gasteiger partial charge in [0.1, 0.15) is 41.4 Å². The number of hydrogen-bond donors (Lipinski definition) is 5. The van der Waals surface area contributed by atoms with Crippen molar-refractivity contribution in [2.75, 3.05) is 47.8 Å². The summed E-state index contributed by atoms with van der Waals surface area (Å²) in [5, 5.41) is 32.8. The Morgan fingerprint density at radius 1 is 0.355 bits per heavy atom. The van der Waals surface area contributed by atoms with Crippen LogP contribution in [-0.4, -0.2) is 164 Å². The molecular formula is C88H82F4N20O9. The molecule has 0 spiro atoms. The van der Waals surface area contributed by atoms with Gasteiger partial charge in [0.15, 0.2) is 40.4 Å². The number of carboxylic acids is 1. The molecule has 6 N–H and O–H groups in total. The van der Waals surface area contributed by atoms with Crippen LogP contribution < -0.4 is 41.3 Å². The molecular weight excluding hydrogens is 1560 g/mol. The molecule has 33 heteroatoms. The number of nitrogens with two attached hydrogens (primary N) is 1. The van der Waals surface area contributed by atoms with Crippen LogP contribution in [0.3, 0.4) is 0 Å². The van der Waals surface area contributed by atoms with Gasteiger partial charge in [-0.05, 0) is 142 Å². The summed E-state index contributed by atoms with van der Waals surface area (Å²) < 4.78 is 61.9. The van der Waals surface area contributed by atoms with Crippen LogP contribution in [0, 0.1) is 46.9 Å². The fraction of sp³-hybridized carbons (Fsp3) is 0.273. The van der Waals surface area contributed by atoms with Crippen molar-refractivity contribution in [2.24, 2.45) is 29.4 Å². The van der Waals surface area contributed by atoms with Crippen LogP contribution >= 0.6 is 0 Å². The van der Waals surface area contributed by atoms with Crippen molar-refractivity contribution in [1.82, 2.24) is 75.0 Å². The maximum absolute atomic E-state index is 14.4. The highest BCUT2D eigenvalue weighted by Crippen LogP contribution is 2.57. The van der Waals surface area contributed by atoms with E-state index in [4.69, 9.17) is 10.8 Å². The van der Waals surface area contributed by atoms with Gasteiger partial charge in [-0.25, -0.2) is 42.3 Å². The summed E-state index contributed by atoms with van der Waals surface area (Å²) in [4.78, 5) is 123. The summed E-state index contributed by atoms with van der Waals surface area (Å²) in [6.45, 7) is 1.40. The van der Waals surface area contributed by atoms with Gasteiger partial charge in [-0.15, -0.1) is 0 Å². The largest absolute Gasteiger partial charge is 0.476 e. The van der Waals surface area contributed by atoms with Gasteiger partial charge in [-0.2, -0.15) is 20.4 Å². The molecule has 616 valence electrons. The van der Waals surface area contributed by atoms with Crippen molar-refractivity contribution >= 4 is 70.6 Å². The summed E-state index contributed by atoms with van der Waals surface area (Å²) in [7, 11) is 6.69. The third kappa shape index (κ3) is 17.1. The molecule has 4 aromatic carbocycles. The van der Waals surface area contributed by atoms with Crippen molar-refractivity contribution in [1.29, 1.82) is 0 Å². The number of benzene rings is 4. The first-order valence-electron chi connectivity index (χ1n) is 39.3. The van der Waals surface area contributed by atoms with E-state index >= 15 is 0 Å². The van der Waals surface area contributed by atoms with Gasteiger partial charge in [-0.3, -0.25) is 71.9 Å². The van der Waals surface area contributed by atoms with Gasteiger partial charge in [-0.1, -0.05) is 146 Å². The first-order chi connectivity index (χ1) is 58.4. The van der Waals surface area contributed by atoms with Crippen molar-refractivity contribution < 1.29 is 61.0 Å². The van der Waals surface area contributed by atoms with Crippen LogP contribution in [-0.2, 0) is 45.4 Å². The zero-order valence-electron chi connectivity index (χ0n) is 65.8. The lowest BCUT2D eigenvalue weighted by atomic mass is 10.1. The first kappa shape index (κ1) is 80.5. The number of fused-ring (bicyclic) bond motifs is 12. The Kier molecular flexibility index (Phi) is 22.6. The lowest BCUT2D eigenvalue weighted by molar-refractivity contribution is -0.121. The molecule has 4 fully saturated rings. The van der Waals surface area contributed by atoms with Crippen molar-refractivity contribution in [3.8, 4) is 0 Å². The number of aromatic carboxylic acids is 1. The predicted molar refractivity (Wildman–Crippen MR) is 434 cm³/mol. The SMILES string of the molecule is CN1C(=O)[C@@H](N)C2C[C@H]2c2cccnc21.CN1C(=O)[C@@H](NC(=O)c2nn(Cc3ccccc3)cc2F)C2C[C@H]2c2cccnc21.CN1C(=O)[C@@H](NC(=O)c2nn(Cc3ccccc3)cc2F)[C@H]2C[C@H]2c2cccnc21.CN1C(=O)[C@H](NC(=O)c2nn(Cc3ccccc3)cc2F)[C@@H]2C[C@@H]2c2cccnc21.O=C(O)c1nn(Cc2ccccc2)cc1F. The van der Waals surface area contributed by atoms with Crippen LogP contribution in [0.25, 0.3) is 0 Å². The zero-order valence-corrected chi connectivity index (χ0v) is 65.8. The third-order valence-corrected chi connectivity index (χ3v) is 23.0. The second kappa shape index (κ2) is 34.0. The lowest BCUT2D eigenvalue weighted by Gasteiger charge is -2.22. The van der Waals surface area contributed by atoms with E-state index < -0.39 is 70.8 Å². The van der Waals surface area contributed by atoms with Gasteiger partial charge in [0.25, 0.3) is 35.4 Å². The quantitative estimate of drug-likeness (QED) is 0.0597. The second-order valence-electron chi connectivity index (χ2n) is 31.0. The van der Waals surface area contributed by atoms with Crippen molar-refractivity contribution in [3.05, 3.63) is 310 Å². The summed E-state index contributed by atoms with van der Waals surface area (Å²) >= 11 is 0. The molecule has 7 amide bonds. The topological polar surface area (TPSA) is 355 Å². The molecule has 20 rings (SSSR count). The molecule has 4 saturated carbocycles. The van der Waals surface area contributed by atoms with E-state index in [1.807, 2.05) is 164 Å². The number of likely N-dealkylation sites (N-methyl/N-ethyl adjacent to an activating group) is 4. The number of carbonyl (C=O) groups excluding carboxylic acids is 7.